The van der Waals surface area contributed by atoms with Crippen molar-refractivity contribution in [1.29, 1.82) is 0 Å². The molecule has 0 aliphatic rings. The number of alkyl halides is 3. The molecular formula is C17H11F3N2O4. The highest BCUT2D eigenvalue weighted by molar-refractivity contribution is 6.07. The van der Waals surface area contributed by atoms with Gasteiger partial charge in [0.25, 0.3) is 5.69 Å². The summed E-state index contributed by atoms with van der Waals surface area (Å²) in [5.41, 5.74) is 0.379. The maximum atomic E-state index is 12.2. The van der Waals surface area contributed by atoms with E-state index in [1.807, 2.05) is 0 Å². The molecule has 0 heterocycles. The minimum atomic E-state index is -5.00. The lowest BCUT2D eigenvalue weighted by molar-refractivity contribution is -0.384. The van der Waals surface area contributed by atoms with Crippen LogP contribution in [0.1, 0.15) is 15.9 Å². The average Bonchev–Trinajstić information content (AvgIpc) is 2.59. The van der Waals surface area contributed by atoms with Crippen LogP contribution >= 0.6 is 0 Å². The van der Waals surface area contributed by atoms with Gasteiger partial charge in [-0.05, 0) is 35.9 Å². The lowest BCUT2D eigenvalue weighted by Crippen LogP contribution is -2.29. The van der Waals surface area contributed by atoms with Crippen LogP contribution in [0.3, 0.4) is 0 Å². The summed E-state index contributed by atoms with van der Waals surface area (Å²) in [6.07, 6.45) is -2.48. The fourth-order valence-corrected chi connectivity index (χ4v) is 1.94. The number of nitro groups is 1. The van der Waals surface area contributed by atoms with E-state index in [9.17, 15) is 32.9 Å². The summed E-state index contributed by atoms with van der Waals surface area (Å²) in [6, 6.07) is 10.5. The Morgan fingerprint density at radius 2 is 1.73 bits per heavy atom. The van der Waals surface area contributed by atoms with Crippen LogP contribution in [0.5, 0.6) is 0 Å². The van der Waals surface area contributed by atoms with Crippen molar-refractivity contribution in [3.8, 4) is 0 Å². The molecule has 0 aliphatic carbocycles. The molecule has 0 unspecified atom stereocenters. The Kier molecular flexibility index (Phi) is 5.51. The highest BCUT2D eigenvalue weighted by atomic mass is 19.4. The van der Waals surface area contributed by atoms with Crippen molar-refractivity contribution in [2.45, 2.75) is 6.18 Å². The second-order valence-corrected chi connectivity index (χ2v) is 5.08. The molecule has 0 fully saturated rings. The van der Waals surface area contributed by atoms with E-state index < -0.39 is 22.8 Å². The van der Waals surface area contributed by atoms with Gasteiger partial charge in [-0.15, -0.1) is 0 Å². The van der Waals surface area contributed by atoms with Gasteiger partial charge in [-0.3, -0.25) is 19.7 Å². The molecule has 0 spiro atoms. The number of nitro benzene ring substituents is 1. The summed E-state index contributed by atoms with van der Waals surface area (Å²) < 4.78 is 36.7. The van der Waals surface area contributed by atoms with Gasteiger partial charge in [0.2, 0.25) is 0 Å². The van der Waals surface area contributed by atoms with Crippen LogP contribution in [0.25, 0.3) is 6.08 Å². The number of nitrogens with one attached hydrogen (secondary N) is 1. The molecule has 0 bridgehead atoms. The Balaban J connectivity index is 2.10. The predicted octanol–water partition coefficient (Wildman–Crippen LogP) is 3.99. The first kappa shape index (κ1) is 18.8. The Morgan fingerprint density at radius 3 is 2.31 bits per heavy atom. The zero-order valence-electron chi connectivity index (χ0n) is 13.0. The highest BCUT2D eigenvalue weighted by Gasteiger charge is 2.38. The molecular weight excluding hydrogens is 353 g/mol. The first-order valence-corrected chi connectivity index (χ1v) is 7.12. The van der Waals surface area contributed by atoms with Gasteiger partial charge in [0.1, 0.15) is 0 Å². The number of amides is 1. The minimum Gasteiger partial charge on any atom is -0.318 e. The zero-order chi connectivity index (χ0) is 19.3. The number of hydrogen-bond acceptors (Lipinski definition) is 4. The highest BCUT2D eigenvalue weighted by Crippen LogP contribution is 2.19. The van der Waals surface area contributed by atoms with E-state index >= 15 is 0 Å². The summed E-state index contributed by atoms with van der Waals surface area (Å²) in [6.45, 7) is 0. The van der Waals surface area contributed by atoms with E-state index in [1.165, 1.54) is 60.7 Å². The van der Waals surface area contributed by atoms with E-state index in [1.54, 1.807) is 5.32 Å². The first-order chi connectivity index (χ1) is 12.2. The third-order valence-electron chi connectivity index (χ3n) is 3.19. The fraction of sp³-hybridized carbons (Fsp3) is 0.0588. The van der Waals surface area contributed by atoms with Gasteiger partial charge in [-0.25, -0.2) is 0 Å². The average molecular weight is 364 g/mol. The van der Waals surface area contributed by atoms with Gasteiger partial charge in [0.05, 0.1) is 4.92 Å². The third kappa shape index (κ3) is 5.00. The number of nitrogens with zero attached hydrogens (tertiary/aromatic N) is 1. The molecule has 1 amide bonds. The molecule has 0 aromatic heterocycles. The molecule has 1 N–H and O–H groups in total. The van der Waals surface area contributed by atoms with Crippen molar-refractivity contribution in [2.24, 2.45) is 0 Å². The molecule has 2 aromatic carbocycles. The van der Waals surface area contributed by atoms with Crippen LogP contribution in [0.4, 0.5) is 24.5 Å². The van der Waals surface area contributed by atoms with Gasteiger partial charge >= 0.3 is 12.1 Å². The number of non-ortho nitro benzene ring substituents is 1. The van der Waals surface area contributed by atoms with Crippen LogP contribution in [0.15, 0.2) is 54.6 Å². The van der Waals surface area contributed by atoms with Crippen LogP contribution in [-0.2, 0) is 4.79 Å². The monoisotopic (exact) mass is 364 g/mol. The van der Waals surface area contributed by atoms with Gasteiger partial charge < -0.3 is 5.32 Å². The fourth-order valence-electron chi connectivity index (χ4n) is 1.94. The Morgan fingerprint density at radius 1 is 1.08 bits per heavy atom. The van der Waals surface area contributed by atoms with Gasteiger partial charge in [-0.2, -0.15) is 13.2 Å². The SMILES string of the molecule is O=C(/C=C/c1cccc(NC(=O)C(F)(F)F)c1)c1ccc([N+](=O)[O-])cc1. The van der Waals surface area contributed by atoms with Crippen LogP contribution < -0.4 is 5.32 Å². The maximum absolute atomic E-state index is 12.2. The summed E-state index contributed by atoms with van der Waals surface area (Å²) in [4.78, 5) is 32.9. The molecule has 2 aromatic rings. The summed E-state index contributed by atoms with van der Waals surface area (Å²) >= 11 is 0. The normalized spacial score (nSPS) is 11.3. The molecule has 0 radical (unpaired) electrons. The molecule has 134 valence electrons. The molecule has 0 saturated heterocycles. The lowest BCUT2D eigenvalue weighted by Gasteiger charge is -2.08. The van der Waals surface area contributed by atoms with Crippen molar-refractivity contribution >= 4 is 29.1 Å². The molecule has 2 rings (SSSR count). The lowest BCUT2D eigenvalue weighted by atomic mass is 10.1. The Labute approximate surface area is 145 Å². The number of anilines is 1. The topological polar surface area (TPSA) is 89.3 Å². The molecule has 9 heteroatoms. The largest absolute Gasteiger partial charge is 0.471 e. The van der Waals surface area contributed by atoms with Gasteiger partial charge in [0, 0.05) is 23.4 Å². The quantitative estimate of drug-likeness (QED) is 0.376. The van der Waals surface area contributed by atoms with Crippen molar-refractivity contribution in [2.75, 3.05) is 5.32 Å². The number of hydrogen-bond donors (Lipinski definition) is 1. The number of allylic oxidation sites excluding steroid dienone is 1. The van der Waals surface area contributed by atoms with Crippen molar-refractivity contribution in [3.63, 3.8) is 0 Å². The number of rotatable bonds is 5. The number of carbonyl (C=O) groups is 2. The number of halogens is 3. The van der Waals surface area contributed by atoms with E-state index in [0.29, 0.717) is 5.56 Å². The van der Waals surface area contributed by atoms with Gasteiger partial charge in [0.15, 0.2) is 5.78 Å². The Bertz CT molecular complexity index is 874. The third-order valence-corrected chi connectivity index (χ3v) is 3.19. The number of carbonyl (C=O) groups excluding carboxylic acids is 2. The molecule has 6 nitrogen and oxygen atoms in total. The first-order valence-electron chi connectivity index (χ1n) is 7.12. The summed E-state index contributed by atoms with van der Waals surface area (Å²) in [7, 11) is 0. The zero-order valence-corrected chi connectivity index (χ0v) is 13.0. The van der Waals surface area contributed by atoms with E-state index in [-0.39, 0.29) is 16.9 Å². The van der Waals surface area contributed by atoms with Crippen molar-refractivity contribution in [3.05, 3.63) is 75.8 Å². The van der Waals surface area contributed by atoms with Crippen molar-refractivity contribution < 1.29 is 27.7 Å². The van der Waals surface area contributed by atoms with Crippen LogP contribution in [-0.4, -0.2) is 22.8 Å². The predicted molar refractivity (Wildman–Crippen MR) is 87.6 cm³/mol. The number of ketones is 1. The number of benzene rings is 2. The molecule has 0 atom stereocenters. The summed E-state index contributed by atoms with van der Waals surface area (Å²) in [5.74, 6) is -2.54. The smallest absolute Gasteiger partial charge is 0.318 e. The molecule has 0 saturated carbocycles. The standard InChI is InChI=1S/C17H11F3N2O4/c18-17(19,20)16(24)21-13-3-1-2-11(10-13)4-9-15(23)12-5-7-14(8-6-12)22(25)26/h1-10H,(H,21,24)/b9-4+. The van der Waals surface area contributed by atoms with Crippen LogP contribution in [0.2, 0.25) is 0 Å². The molecule has 26 heavy (non-hydrogen) atoms. The Hall–Kier alpha value is -3.49. The van der Waals surface area contributed by atoms with Crippen LogP contribution in [0, 0.1) is 10.1 Å². The van der Waals surface area contributed by atoms with Crippen molar-refractivity contribution in [1.82, 2.24) is 0 Å². The summed E-state index contributed by atoms with van der Waals surface area (Å²) in [5, 5.41) is 12.3. The second-order valence-electron chi connectivity index (χ2n) is 5.08. The van der Waals surface area contributed by atoms with Gasteiger partial charge in [-0.1, -0.05) is 18.2 Å². The maximum Gasteiger partial charge on any atom is 0.471 e. The van der Waals surface area contributed by atoms with E-state index in [0.717, 1.165) is 0 Å². The van der Waals surface area contributed by atoms with E-state index in [2.05, 4.69) is 0 Å². The second kappa shape index (κ2) is 7.60. The molecule has 0 aliphatic heterocycles. The minimum absolute atomic E-state index is 0.0720. The van der Waals surface area contributed by atoms with E-state index in [4.69, 9.17) is 0 Å².